The molecule has 2 rings (SSSR count). The average molecular weight is 306 g/mol. The molecule has 116 valence electrons. The van der Waals surface area contributed by atoms with E-state index in [1.54, 1.807) is 12.1 Å². The minimum absolute atomic E-state index is 0.00461. The predicted octanol–water partition coefficient (Wildman–Crippen LogP) is 3.57. The molecule has 0 bridgehead atoms. The molecule has 0 aliphatic carbocycles. The summed E-state index contributed by atoms with van der Waals surface area (Å²) in [5, 5.41) is 21.6. The number of nitrogens with one attached hydrogen (secondary N) is 1. The first-order chi connectivity index (χ1) is 11.1. The van der Waals surface area contributed by atoms with Crippen molar-refractivity contribution in [2.75, 3.05) is 0 Å². The lowest BCUT2D eigenvalue weighted by molar-refractivity contribution is -0.117. The molecule has 4 heteroatoms. The van der Waals surface area contributed by atoms with Crippen LogP contribution >= 0.6 is 0 Å². The summed E-state index contributed by atoms with van der Waals surface area (Å²) >= 11 is 0. The van der Waals surface area contributed by atoms with Gasteiger partial charge >= 0.3 is 0 Å². The van der Waals surface area contributed by atoms with E-state index in [1.165, 1.54) is 18.2 Å². The Morgan fingerprint density at radius 2 is 2.00 bits per heavy atom. The Bertz CT molecular complexity index is 745. The van der Waals surface area contributed by atoms with E-state index in [0.29, 0.717) is 5.56 Å². The molecule has 4 nitrogen and oxygen atoms in total. The van der Waals surface area contributed by atoms with Crippen molar-refractivity contribution in [3.05, 3.63) is 71.3 Å². The van der Waals surface area contributed by atoms with Crippen LogP contribution in [0, 0.1) is 11.3 Å². The molecule has 0 aliphatic heterocycles. The maximum Gasteiger partial charge on any atom is 0.262 e. The van der Waals surface area contributed by atoms with Crippen LogP contribution in [0.2, 0.25) is 0 Å². The van der Waals surface area contributed by atoms with Crippen LogP contribution in [0.15, 0.2) is 60.2 Å². The van der Waals surface area contributed by atoms with Crippen molar-refractivity contribution in [1.29, 1.82) is 5.26 Å². The van der Waals surface area contributed by atoms with Crippen molar-refractivity contribution >= 4 is 12.0 Å². The predicted molar refractivity (Wildman–Crippen MR) is 89.3 cm³/mol. The summed E-state index contributed by atoms with van der Waals surface area (Å²) in [4.78, 5) is 12.3. The van der Waals surface area contributed by atoms with Crippen LogP contribution < -0.4 is 5.32 Å². The molecule has 2 aromatic carbocycles. The van der Waals surface area contributed by atoms with Crippen molar-refractivity contribution in [2.24, 2.45) is 0 Å². The SMILES string of the molecule is CCC(NC(=O)/C(C#N)=C/c1cccc(O)c1)c1ccccc1. The fourth-order valence-corrected chi connectivity index (χ4v) is 2.27. The van der Waals surface area contributed by atoms with Gasteiger partial charge in [-0.05, 0) is 35.8 Å². The molecule has 2 N–H and O–H groups in total. The summed E-state index contributed by atoms with van der Waals surface area (Å²) in [6.07, 6.45) is 2.19. The van der Waals surface area contributed by atoms with Gasteiger partial charge < -0.3 is 10.4 Å². The summed E-state index contributed by atoms with van der Waals surface area (Å²) in [6.45, 7) is 1.98. The number of carbonyl (C=O) groups is 1. The van der Waals surface area contributed by atoms with E-state index in [-0.39, 0.29) is 17.4 Å². The molecule has 0 fully saturated rings. The first kappa shape index (κ1) is 16.3. The number of rotatable bonds is 5. The maximum absolute atomic E-state index is 12.3. The van der Waals surface area contributed by atoms with Crippen LogP contribution in [0.25, 0.3) is 6.08 Å². The molecule has 2 aromatic rings. The molecule has 0 saturated heterocycles. The number of aromatic hydroxyl groups is 1. The van der Waals surface area contributed by atoms with Crippen molar-refractivity contribution in [1.82, 2.24) is 5.32 Å². The van der Waals surface area contributed by atoms with Gasteiger partial charge in [0.1, 0.15) is 17.4 Å². The van der Waals surface area contributed by atoms with Crippen LogP contribution in [-0.2, 0) is 4.79 Å². The van der Waals surface area contributed by atoms with Crippen molar-refractivity contribution in [3.63, 3.8) is 0 Å². The Labute approximate surface area is 135 Å². The molecule has 1 unspecified atom stereocenters. The highest BCUT2D eigenvalue weighted by molar-refractivity contribution is 6.01. The molecule has 0 spiro atoms. The van der Waals surface area contributed by atoms with Crippen LogP contribution in [0.1, 0.15) is 30.5 Å². The topological polar surface area (TPSA) is 73.1 Å². The van der Waals surface area contributed by atoms with E-state index in [2.05, 4.69) is 5.32 Å². The quantitative estimate of drug-likeness (QED) is 0.655. The molecule has 1 amide bonds. The van der Waals surface area contributed by atoms with Gasteiger partial charge in [0.15, 0.2) is 0 Å². The molecule has 0 heterocycles. The number of carbonyl (C=O) groups excluding carboxylic acids is 1. The van der Waals surface area contributed by atoms with Crippen molar-refractivity contribution < 1.29 is 9.90 Å². The van der Waals surface area contributed by atoms with Gasteiger partial charge in [0.2, 0.25) is 0 Å². The van der Waals surface area contributed by atoms with Crippen LogP contribution in [0.5, 0.6) is 5.75 Å². The first-order valence-corrected chi connectivity index (χ1v) is 7.40. The molecule has 0 radical (unpaired) electrons. The molecule has 0 aliphatic rings. The third-order valence-corrected chi connectivity index (χ3v) is 3.46. The van der Waals surface area contributed by atoms with Crippen molar-refractivity contribution in [3.8, 4) is 11.8 Å². The summed E-state index contributed by atoms with van der Waals surface area (Å²) < 4.78 is 0. The van der Waals surface area contributed by atoms with Crippen LogP contribution in [0.3, 0.4) is 0 Å². The number of phenols is 1. The Balaban J connectivity index is 2.18. The van der Waals surface area contributed by atoms with Gasteiger partial charge in [-0.15, -0.1) is 0 Å². The zero-order valence-corrected chi connectivity index (χ0v) is 12.9. The zero-order chi connectivity index (χ0) is 16.7. The number of nitriles is 1. The fourth-order valence-electron chi connectivity index (χ4n) is 2.27. The minimum atomic E-state index is -0.424. The summed E-state index contributed by atoms with van der Waals surface area (Å²) in [6, 6.07) is 17.8. The number of hydrogen-bond donors (Lipinski definition) is 2. The van der Waals surface area contributed by atoms with Gasteiger partial charge in [-0.25, -0.2) is 0 Å². The number of amides is 1. The highest BCUT2D eigenvalue weighted by Gasteiger charge is 2.15. The number of hydrogen-bond acceptors (Lipinski definition) is 3. The fraction of sp³-hybridized carbons (Fsp3) is 0.158. The number of nitrogens with zero attached hydrogens (tertiary/aromatic N) is 1. The first-order valence-electron chi connectivity index (χ1n) is 7.40. The second-order valence-corrected chi connectivity index (χ2v) is 5.11. The zero-order valence-electron chi connectivity index (χ0n) is 12.9. The van der Waals surface area contributed by atoms with Gasteiger partial charge in [-0.1, -0.05) is 49.4 Å². The highest BCUT2D eigenvalue weighted by atomic mass is 16.3. The Hall–Kier alpha value is -3.06. The largest absolute Gasteiger partial charge is 0.508 e. The van der Waals surface area contributed by atoms with Gasteiger partial charge in [-0.2, -0.15) is 5.26 Å². The van der Waals surface area contributed by atoms with E-state index in [1.807, 2.05) is 43.3 Å². The normalized spacial score (nSPS) is 12.3. The molecule has 0 saturated carbocycles. The Morgan fingerprint density at radius 1 is 1.26 bits per heavy atom. The van der Waals surface area contributed by atoms with E-state index in [9.17, 15) is 15.2 Å². The van der Waals surface area contributed by atoms with Gasteiger partial charge in [-0.3, -0.25) is 4.79 Å². The van der Waals surface area contributed by atoms with Gasteiger partial charge in [0, 0.05) is 0 Å². The molecule has 23 heavy (non-hydrogen) atoms. The van der Waals surface area contributed by atoms with Gasteiger partial charge in [0.05, 0.1) is 6.04 Å². The summed E-state index contributed by atoms with van der Waals surface area (Å²) in [7, 11) is 0. The lowest BCUT2D eigenvalue weighted by Crippen LogP contribution is -2.29. The Kier molecular flexibility index (Phi) is 5.54. The lowest BCUT2D eigenvalue weighted by Gasteiger charge is -2.17. The second kappa shape index (κ2) is 7.81. The Morgan fingerprint density at radius 3 is 2.61 bits per heavy atom. The molecule has 0 aromatic heterocycles. The van der Waals surface area contributed by atoms with Crippen LogP contribution in [-0.4, -0.2) is 11.0 Å². The lowest BCUT2D eigenvalue weighted by atomic mass is 10.0. The van der Waals surface area contributed by atoms with Crippen molar-refractivity contribution in [2.45, 2.75) is 19.4 Å². The van der Waals surface area contributed by atoms with E-state index >= 15 is 0 Å². The third-order valence-electron chi connectivity index (χ3n) is 3.46. The average Bonchev–Trinajstić information content (AvgIpc) is 2.58. The standard InChI is InChI=1S/C19H18N2O2/c1-2-18(15-8-4-3-5-9-15)21-19(23)16(13-20)11-14-7-6-10-17(22)12-14/h3-12,18,22H,2H2,1H3,(H,21,23)/b16-11+. The summed E-state index contributed by atoms with van der Waals surface area (Å²) in [5.74, 6) is -0.335. The number of benzene rings is 2. The van der Waals surface area contributed by atoms with E-state index in [0.717, 1.165) is 12.0 Å². The number of phenolic OH excluding ortho intramolecular Hbond substituents is 1. The molecule has 1 atom stereocenters. The van der Waals surface area contributed by atoms with E-state index in [4.69, 9.17) is 0 Å². The maximum atomic E-state index is 12.3. The third kappa shape index (κ3) is 4.45. The smallest absolute Gasteiger partial charge is 0.262 e. The minimum Gasteiger partial charge on any atom is -0.508 e. The summed E-state index contributed by atoms with van der Waals surface area (Å²) in [5.41, 5.74) is 1.60. The van der Waals surface area contributed by atoms with Gasteiger partial charge in [0.25, 0.3) is 5.91 Å². The molecular weight excluding hydrogens is 288 g/mol. The highest BCUT2D eigenvalue weighted by Crippen LogP contribution is 2.18. The monoisotopic (exact) mass is 306 g/mol. The second-order valence-electron chi connectivity index (χ2n) is 5.11. The van der Waals surface area contributed by atoms with Crippen LogP contribution in [0.4, 0.5) is 0 Å². The molecular formula is C19H18N2O2. The van der Waals surface area contributed by atoms with E-state index < -0.39 is 5.91 Å².